The van der Waals surface area contributed by atoms with Gasteiger partial charge in [-0.25, -0.2) is 4.39 Å². The summed E-state index contributed by atoms with van der Waals surface area (Å²) >= 11 is 0. The van der Waals surface area contributed by atoms with Crippen LogP contribution in [0.5, 0.6) is 0 Å². The third kappa shape index (κ3) is 4.23. The van der Waals surface area contributed by atoms with Gasteiger partial charge in [0.2, 0.25) is 0 Å². The van der Waals surface area contributed by atoms with Gasteiger partial charge in [0.25, 0.3) is 11.8 Å². The van der Waals surface area contributed by atoms with Gasteiger partial charge in [0.1, 0.15) is 11.5 Å². The SMILES string of the molecule is C=CCC(F)(F)c1cc(-c2ccc(NC(=O)c3ccccc3C)cc2F)n(C)n1. The Morgan fingerprint density at radius 3 is 2.62 bits per heavy atom. The second-order valence-electron chi connectivity index (χ2n) is 6.70. The number of allylic oxidation sites excluding steroid dienone is 1. The van der Waals surface area contributed by atoms with Crippen LogP contribution in [0.25, 0.3) is 11.3 Å². The number of rotatable bonds is 6. The number of carbonyl (C=O) groups excluding carboxylic acids is 1. The molecular formula is C22H20F3N3O. The van der Waals surface area contributed by atoms with E-state index in [1.54, 1.807) is 25.1 Å². The van der Waals surface area contributed by atoms with Crippen molar-refractivity contribution in [1.29, 1.82) is 0 Å². The summed E-state index contributed by atoms with van der Waals surface area (Å²) in [5.41, 5.74) is 1.40. The van der Waals surface area contributed by atoms with Crippen molar-refractivity contribution in [2.75, 3.05) is 5.32 Å². The van der Waals surface area contributed by atoms with Crippen LogP contribution in [0.1, 0.15) is 28.0 Å². The van der Waals surface area contributed by atoms with E-state index in [2.05, 4.69) is 17.0 Å². The molecule has 0 atom stereocenters. The fraction of sp³-hybridized carbons (Fsp3) is 0.182. The minimum absolute atomic E-state index is 0.106. The summed E-state index contributed by atoms with van der Waals surface area (Å²) in [5.74, 6) is -4.20. The quantitative estimate of drug-likeness (QED) is 0.560. The van der Waals surface area contributed by atoms with Gasteiger partial charge in [-0.2, -0.15) is 13.9 Å². The van der Waals surface area contributed by atoms with Crippen molar-refractivity contribution in [2.24, 2.45) is 7.05 Å². The van der Waals surface area contributed by atoms with E-state index in [1.165, 1.54) is 23.9 Å². The molecule has 1 aromatic heterocycles. The van der Waals surface area contributed by atoms with Gasteiger partial charge in [0.05, 0.1) is 5.69 Å². The lowest BCUT2D eigenvalue weighted by Crippen LogP contribution is -2.13. The summed E-state index contributed by atoms with van der Waals surface area (Å²) in [7, 11) is 1.47. The molecular weight excluding hydrogens is 379 g/mol. The molecule has 0 aliphatic carbocycles. The van der Waals surface area contributed by atoms with Crippen molar-refractivity contribution in [3.8, 4) is 11.3 Å². The molecule has 0 saturated heterocycles. The number of amides is 1. The fourth-order valence-corrected chi connectivity index (χ4v) is 3.01. The Balaban J connectivity index is 1.87. The van der Waals surface area contributed by atoms with Crippen molar-refractivity contribution in [3.05, 3.63) is 83.8 Å². The lowest BCUT2D eigenvalue weighted by atomic mass is 10.1. The zero-order chi connectivity index (χ0) is 21.2. The molecule has 1 heterocycles. The first-order valence-corrected chi connectivity index (χ1v) is 8.93. The lowest BCUT2D eigenvalue weighted by molar-refractivity contribution is -0.00592. The molecule has 3 aromatic rings. The number of aryl methyl sites for hydroxylation is 2. The van der Waals surface area contributed by atoms with Crippen molar-refractivity contribution in [1.82, 2.24) is 9.78 Å². The topological polar surface area (TPSA) is 46.9 Å². The third-order valence-electron chi connectivity index (χ3n) is 4.55. The van der Waals surface area contributed by atoms with Gasteiger partial charge < -0.3 is 5.32 Å². The molecule has 0 aliphatic rings. The van der Waals surface area contributed by atoms with Gasteiger partial charge in [-0.1, -0.05) is 24.3 Å². The Morgan fingerprint density at radius 2 is 1.97 bits per heavy atom. The van der Waals surface area contributed by atoms with Gasteiger partial charge in [-0.3, -0.25) is 9.48 Å². The number of nitrogens with one attached hydrogen (secondary N) is 1. The number of hydrogen-bond acceptors (Lipinski definition) is 2. The molecule has 0 saturated carbocycles. The number of aromatic nitrogens is 2. The van der Waals surface area contributed by atoms with Crippen molar-refractivity contribution in [3.63, 3.8) is 0 Å². The zero-order valence-corrected chi connectivity index (χ0v) is 16.0. The van der Waals surface area contributed by atoms with E-state index in [1.807, 2.05) is 6.07 Å². The van der Waals surface area contributed by atoms with E-state index in [0.29, 0.717) is 5.56 Å². The summed E-state index contributed by atoms with van der Waals surface area (Å²) in [4.78, 5) is 12.4. The molecule has 0 unspecified atom stereocenters. The van der Waals surface area contributed by atoms with Crippen LogP contribution >= 0.6 is 0 Å². The van der Waals surface area contributed by atoms with E-state index >= 15 is 0 Å². The average molecular weight is 399 g/mol. The van der Waals surface area contributed by atoms with Crippen LogP contribution in [-0.4, -0.2) is 15.7 Å². The van der Waals surface area contributed by atoms with Crippen LogP contribution in [0, 0.1) is 12.7 Å². The van der Waals surface area contributed by atoms with E-state index in [-0.39, 0.29) is 22.9 Å². The average Bonchev–Trinajstić information content (AvgIpc) is 3.04. The zero-order valence-electron chi connectivity index (χ0n) is 16.0. The molecule has 4 nitrogen and oxygen atoms in total. The predicted molar refractivity (Wildman–Crippen MR) is 106 cm³/mol. The number of benzene rings is 2. The van der Waals surface area contributed by atoms with Gasteiger partial charge >= 0.3 is 0 Å². The number of hydrogen-bond donors (Lipinski definition) is 1. The Kier molecular flexibility index (Phi) is 5.59. The van der Waals surface area contributed by atoms with Crippen LogP contribution < -0.4 is 5.32 Å². The van der Waals surface area contributed by atoms with Gasteiger partial charge in [0.15, 0.2) is 0 Å². The van der Waals surface area contributed by atoms with E-state index in [4.69, 9.17) is 0 Å². The maximum atomic E-state index is 14.7. The Bertz CT molecular complexity index is 1070. The Labute approximate surface area is 166 Å². The molecule has 0 fully saturated rings. The normalized spacial score (nSPS) is 11.3. The van der Waals surface area contributed by atoms with Crippen molar-refractivity contribution in [2.45, 2.75) is 19.3 Å². The largest absolute Gasteiger partial charge is 0.322 e. The van der Waals surface area contributed by atoms with E-state index < -0.39 is 23.9 Å². The molecule has 0 aliphatic heterocycles. The molecule has 0 spiro atoms. The number of anilines is 1. The van der Waals surface area contributed by atoms with E-state index in [0.717, 1.165) is 23.8 Å². The van der Waals surface area contributed by atoms with Crippen LogP contribution in [0.15, 0.2) is 61.2 Å². The smallest absolute Gasteiger partial charge is 0.294 e. The van der Waals surface area contributed by atoms with Crippen LogP contribution in [0.4, 0.5) is 18.9 Å². The first-order chi connectivity index (χ1) is 13.7. The second-order valence-corrected chi connectivity index (χ2v) is 6.70. The highest BCUT2D eigenvalue weighted by Crippen LogP contribution is 2.34. The molecule has 0 radical (unpaired) electrons. The summed E-state index contributed by atoms with van der Waals surface area (Å²) < 4.78 is 44.1. The second kappa shape index (κ2) is 7.95. The highest BCUT2D eigenvalue weighted by atomic mass is 19.3. The molecule has 3 rings (SSSR count). The van der Waals surface area contributed by atoms with Crippen molar-refractivity contribution >= 4 is 11.6 Å². The third-order valence-corrected chi connectivity index (χ3v) is 4.55. The fourth-order valence-electron chi connectivity index (χ4n) is 3.01. The minimum atomic E-state index is -3.18. The Hall–Kier alpha value is -3.35. The highest BCUT2D eigenvalue weighted by molar-refractivity contribution is 6.05. The molecule has 29 heavy (non-hydrogen) atoms. The summed E-state index contributed by atoms with van der Waals surface area (Å²) in [6.45, 7) is 5.13. The highest BCUT2D eigenvalue weighted by Gasteiger charge is 2.34. The molecule has 150 valence electrons. The maximum Gasteiger partial charge on any atom is 0.294 e. The minimum Gasteiger partial charge on any atom is -0.322 e. The maximum absolute atomic E-state index is 14.7. The first-order valence-electron chi connectivity index (χ1n) is 8.93. The molecule has 7 heteroatoms. The number of carbonyl (C=O) groups is 1. The van der Waals surface area contributed by atoms with Crippen LogP contribution in [0.3, 0.4) is 0 Å². The van der Waals surface area contributed by atoms with E-state index in [9.17, 15) is 18.0 Å². The Morgan fingerprint density at radius 1 is 1.24 bits per heavy atom. The molecule has 1 amide bonds. The summed E-state index contributed by atoms with van der Waals surface area (Å²) in [6.07, 6.45) is 0.552. The molecule has 1 N–H and O–H groups in total. The standard InChI is InChI=1S/C22H20F3N3O/c1-4-11-22(24,25)20-13-19(28(3)27-20)17-10-9-15(12-18(17)23)26-21(29)16-8-6-5-7-14(16)2/h4-10,12-13H,1,11H2,2-3H3,(H,26,29). The first kappa shape index (κ1) is 20.4. The lowest BCUT2D eigenvalue weighted by Gasteiger charge is -2.10. The van der Waals surface area contributed by atoms with Gasteiger partial charge in [-0.05, 0) is 42.8 Å². The van der Waals surface area contributed by atoms with Gasteiger partial charge in [-0.15, -0.1) is 6.58 Å². The summed E-state index contributed by atoms with van der Waals surface area (Å²) in [5, 5.41) is 6.47. The monoisotopic (exact) mass is 399 g/mol. The number of nitrogens with zero attached hydrogens (tertiary/aromatic N) is 2. The van der Waals surface area contributed by atoms with Crippen molar-refractivity contribution < 1.29 is 18.0 Å². The number of alkyl halides is 2. The summed E-state index contributed by atoms with van der Waals surface area (Å²) in [6, 6.07) is 12.3. The van der Waals surface area contributed by atoms with Crippen LogP contribution in [-0.2, 0) is 13.0 Å². The number of halogens is 3. The predicted octanol–water partition coefficient (Wildman–Crippen LogP) is 5.45. The molecule has 0 bridgehead atoms. The van der Waals surface area contributed by atoms with Crippen LogP contribution in [0.2, 0.25) is 0 Å². The van der Waals surface area contributed by atoms with Gasteiger partial charge in [0, 0.05) is 30.3 Å². The molecule has 2 aromatic carbocycles.